The van der Waals surface area contributed by atoms with E-state index in [-0.39, 0.29) is 0 Å². The highest BCUT2D eigenvalue weighted by molar-refractivity contribution is 9.10. The topological polar surface area (TPSA) is 30.5 Å². The van der Waals surface area contributed by atoms with Crippen LogP contribution in [0.1, 0.15) is 48.8 Å². The third-order valence-corrected chi connectivity index (χ3v) is 8.15. The predicted molar refractivity (Wildman–Crippen MR) is 124 cm³/mol. The Morgan fingerprint density at radius 3 is 2.23 bits per heavy atom. The number of aryl methyl sites for hydroxylation is 1. The molecule has 160 valence electrons. The fourth-order valence-electron chi connectivity index (χ4n) is 6.35. The Morgan fingerprint density at radius 2 is 1.60 bits per heavy atom. The van der Waals surface area contributed by atoms with Gasteiger partial charge in [0.15, 0.2) is 11.5 Å². The van der Waals surface area contributed by atoms with Gasteiger partial charge in [-0.3, -0.25) is 0 Å². The number of nitrogens with one attached hydrogen (secondary N) is 1. The Kier molecular flexibility index (Phi) is 5.81. The van der Waals surface area contributed by atoms with Gasteiger partial charge in [0.1, 0.15) is 6.61 Å². The van der Waals surface area contributed by atoms with E-state index >= 15 is 0 Å². The van der Waals surface area contributed by atoms with E-state index in [0.29, 0.717) is 12.6 Å². The van der Waals surface area contributed by atoms with E-state index in [1.54, 1.807) is 7.11 Å². The molecule has 4 aliphatic carbocycles. The van der Waals surface area contributed by atoms with E-state index in [4.69, 9.17) is 9.47 Å². The summed E-state index contributed by atoms with van der Waals surface area (Å²) in [5, 5.41) is 3.92. The van der Waals surface area contributed by atoms with Gasteiger partial charge in [-0.15, -0.1) is 0 Å². The molecule has 0 unspecified atom stereocenters. The van der Waals surface area contributed by atoms with Crippen molar-refractivity contribution in [1.29, 1.82) is 0 Å². The molecule has 1 N–H and O–H groups in total. The summed E-state index contributed by atoms with van der Waals surface area (Å²) in [4.78, 5) is 0. The molecule has 0 aliphatic heterocycles. The van der Waals surface area contributed by atoms with Crippen molar-refractivity contribution in [1.82, 2.24) is 5.32 Å². The second kappa shape index (κ2) is 8.55. The molecule has 0 amide bonds. The zero-order valence-corrected chi connectivity index (χ0v) is 19.6. The number of rotatable bonds is 7. The van der Waals surface area contributed by atoms with Crippen LogP contribution >= 0.6 is 15.9 Å². The van der Waals surface area contributed by atoms with Gasteiger partial charge < -0.3 is 14.8 Å². The standard InChI is InChI=1S/C26H32BrNO2/c1-16-3-5-17(6-4-16)15-30-26-23(27)12-20(13-24(26)29-2)14-28-25-21-8-18-7-19(10-21)11-22(25)9-18/h3-6,12-13,18-19,21-22,25,28H,7-11,14-15H2,1-2H3. The molecule has 2 aromatic rings. The summed E-state index contributed by atoms with van der Waals surface area (Å²) < 4.78 is 12.8. The number of hydrogen-bond donors (Lipinski definition) is 1. The van der Waals surface area contributed by atoms with Crippen LogP contribution in [-0.4, -0.2) is 13.2 Å². The molecule has 0 heterocycles. The van der Waals surface area contributed by atoms with E-state index in [9.17, 15) is 0 Å². The van der Waals surface area contributed by atoms with Gasteiger partial charge in [-0.1, -0.05) is 29.8 Å². The first kappa shape index (κ1) is 20.4. The summed E-state index contributed by atoms with van der Waals surface area (Å²) in [7, 11) is 1.72. The zero-order chi connectivity index (χ0) is 20.7. The average Bonchev–Trinajstić information content (AvgIpc) is 2.73. The third kappa shape index (κ3) is 4.13. The molecule has 0 aromatic heterocycles. The van der Waals surface area contributed by atoms with Crippen LogP contribution < -0.4 is 14.8 Å². The van der Waals surface area contributed by atoms with Crippen LogP contribution in [0.3, 0.4) is 0 Å². The van der Waals surface area contributed by atoms with E-state index < -0.39 is 0 Å². The van der Waals surface area contributed by atoms with Crippen molar-refractivity contribution < 1.29 is 9.47 Å². The Labute approximate surface area is 188 Å². The van der Waals surface area contributed by atoms with Crippen molar-refractivity contribution in [3.05, 3.63) is 57.6 Å². The molecule has 0 saturated heterocycles. The third-order valence-electron chi connectivity index (χ3n) is 7.56. The summed E-state index contributed by atoms with van der Waals surface area (Å²) in [6.45, 7) is 3.51. The van der Waals surface area contributed by atoms with Crippen LogP contribution in [0.5, 0.6) is 11.5 Å². The lowest BCUT2D eigenvalue weighted by molar-refractivity contribution is -0.0142. The molecule has 4 saturated carbocycles. The number of ether oxygens (including phenoxy) is 2. The first-order valence-electron chi connectivity index (χ1n) is 11.4. The molecule has 2 aromatic carbocycles. The summed E-state index contributed by atoms with van der Waals surface area (Å²) >= 11 is 3.72. The molecule has 0 radical (unpaired) electrons. The minimum absolute atomic E-state index is 0.528. The van der Waals surface area contributed by atoms with Crippen LogP contribution in [0.15, 0.2) is 40.9 Å². The molecule has 4 fully saturated rings. The predicted octanol–water partition coefficient (Wildman–Crippen LogP) is 6.26. The van der Waals surface area contributed by atoms with E-state index in [0.717, 1.165) is 51.8 Å². The van der Waals surface area contributed by atoms with Gasteiger partial charge in [-0.05, 0) is 102 Å². The van der Waals surface area contributed by atoms with Crippen LogP contribution in [0.4, 0.5) is 0 Å². The molecular formula is C26H32BrNO2. The first-order valence-corrected chi connectivity index (χ1v) is 12.2. The Hall–Kier alpha value is -1.52. The molecule has 4 aliphatic rings. The average molecular weight is 470 g/mol. The van der Waals surface area contributed by atoms with E-state index in [1.807, 2.05) is 0 Å². The Bertz CT molecular complexity index is 867. The smallest absolute Gasteiger partial charge is 0.175 e. The zero-order valence-electron chi connectivity index (χ0n) is 18.0. The van der Waals surface area contributed by atoms with Crippen molar-refractivity contribution >= 4 is 15.9 Å². The minimum Gasteiger partial charge on any atom is -0.493 e. The molecule has 0 atom stereocenters. The van der Waals surface area contributed by atoms with Gasteiger partial charge >= 0.3 is 0 Å². The van der Waals surface area contributed by atoms with Crippen LogP contribution in [0.2, 0.25) is 0 Å². The fourth-order valence-corrected chi connectivity index (χ4v) is 6.95. The molecule has 3 nitrogen and oxygen atoms in total. The largest absolute Gasteiger partial charge is 0.493 e. The van der Waals surface area contributed by atoms with Crippen molar-refractivity contribution in [3.8, 4) is 11.5 Å². The Morgan fingerprint density at radius 1 is 0.933 bits per heavy atom. The highest BCUT2D eigenvalue weighted by Gasteiger charge is 2.47. The number of hydrogen-bond acceptors (Lipinski definition) is 3. The number of methoxy groups -OCH3 is 1. The lowest BCUT2D eigenvalue weighted by atomic mass is 9.54. The maximum atomic E-state index is 6.12. The van der Waals surface area contributed by atoms with Crippen molar-refractivity contribution in [2.75, 3.05) is 7.11 Å². The van der Waals surface area contributed by atoms with Gasteiger partial charge in [-0.25, -0.2) is 0 Å². The molecule has 6 rings (SSSR count). The summed E-state index contributed by atoms with van der Waals surface area (Å²) in [6.07, 6.45) is 7.30. The maximum absolute atomic E-state index is 6.12. The molecular weight excluding hydrogens is 438 g/mol. The monoisotopic (exact) mass is 469 g/mol. The molecule has 4 bridgehead atoms. The molecule has 0 spiro atoms. The maximum Gasteiger partial charge on any atom is 0.175 e. The highest BCUT2D eigenvalue weighted by atomic mass is 79.9. The van der Waals surface area contributed by atoms with Gasteiger partial charge in [0, 0.05) is 12.6 Å². The fraction of sp³-hybridized carbons (Fsp3) is 0.538. The van der Waals surface area contributed by atoms with Crippen molar-refractivity contribution in [2.24, 2.45) is 23.7 Å². The lowest BCUT2D eigenvalue weighted by Crippen LogP contribution is -2.54. The van der Waals surface area contributed by atoms with Gasteiger partial charge in [0.2, 0.25) is 0 Å². The number of benzene rings is 2. The molecule has 30 heavy (non-hydrogen) atoms. The van der Waals surface area contributed by atoms with Crippen molar-refractivity contribution in [2.45, 2.75) is 58.2 Å². The minimum atomic E-state index is 0.528. The van der Waals surface area contributed by atoms with Crippen LogP contribution in [0, 0.1) is 30.6 Å². The summed E-state index contributed by atoms with van der Waals surface area (Å²) in [5.41, 5.74) is 3.66. The summed E-state index contributed by atoms with van der Waals surface area (Å²) in [6, 6.07) is 13.4. The van der Waals surface area contributed by atoms with E-state index in [1.165, 1.54) is 43.2 Å². The highest BCUT2D eigenvalue weighted by Crippen LogP contribution is 2.53. The number of halogens is 1. The van der Waals surface area contributed by atoms with E-state index in [2.05, 4.69) is 64.6 Å². The first-order chi connectivity index (χ1) is 14.6. The summed E-state index contributed by atoms with van der Waals surface area (Å²) in [5.74, 6) is 5.39. The van der Waals surface area contributed by atoms with Gasteiger partial charge in [0.25, 0.3) is 0 Å². The normalized spacial score (nSPS) is 29.2. The quantitative estimate of drug-likeness (QED) is 0.518. The van der Waals surface area contributed by atoms with Crippen LogP contribution in [0.25, 0.3) is 0 Å². The lowest BCUT2D eigenvalue weighted by Gasteiger charge is -2.54. The van der Waals surface area contributed by atoms with Gasteiger partial charge in [-0.2, -0.15) is 0 Å². The SMILES string of the molecule is COc1cc(CNC2C3CC4CC(C3)CC2C4)cc(Br)c1OCc1ccc(C)cc1. The van der Waals surface area contributed by atoms with Gasteiger partial charge in [0.05, 0.1) is 11.6 Å². The molecule has 4 heteroatoms. The van der Waals surface area contributed by atoms with Crippen molar-refractivity contribution in [3.63, 3.8) is 0 Å². The second-order valence-electron chi connectivity index (χ2n) is 9.72. The Balaban J connectivity index is 1.25. The van der Waals surface area contributed by atoms with Crippen LogP contribution in [-0.2, 0) is 13.2 Å². The second-order valence-corrected chi connectivity index (χ2v) is 10.6.